The van der Waals surface area contributed by atoms with Gasteiger partial charge in [-0.2, -0.15) is 0 Å². The van der Waals surface area contributed by atoms with E-state index >= 15 is 0 Å². The van der Waals surface area contributed by atoms with Gasteiger partial charge in [-0.1, -0.05) is 23.7 Å². The van der Waals surface area contributed by atoms with Crippen LogP contribution in [0.15, 0.2) is 55.2 Å². The summed E-state index contributed by atoms with van der Waals surface area (Å²) in [5.41, 5.74) is 2.10. The first-order valence-corrected chi connectivity index (χ1v) is 9.19. The molecule has 0 amide bonds. The van der Waals surface area contributed by atoms with Crippen molar-refractivity contribution in [2.24, 2.45) is 0 Å². The van der Waals surface area contributed by atoms with Crippen molar-refractivity contribution in [2.75, 3.05) is 13.7 Å². The van der Waals surface area contributed by atoms with Crippen molar-refractivity contribution < 1.29 is 9.47 Å². The van der Waals surface area contributed by atoms with E-state index < -0.39 is 0 Å². The Balaban J connectivity index is 0.00000280. The predicted octanol–water partition coefficient (Wildman–Crippen LogP) is 4.12. The second-order valence-electron chi connectivity index (χ2n) is 6.09. The summed E-state index contributed by atoms with van der Waals surface area (Å²) in [6.07, 6.45) is 8.36. The number of hydrogen-bond donors (Lipinski definition) is 1. The quantitative estimate of drug-likeness (QED) is 0.393. The van der Waals surface area contributed by atoms with Crippen molar-refractivity contribution in [3.63, 3.8) is 0 Å². The van der Waals surface area contributed by atoms with Crippen LogP contribution in [0.1, 0.15) is 17.5 Å². The normalized spacial score (nSPS) is 10.4. The molecule has 2 aromatic heterocycles. The number of rotatable bonds is 10. The van der Waals surface area contributed by atoms with E-state index in [0.717, 1.165) is 42.9 Å². The number of aryl methyl sites for hydroxylation is 1. The fourth-order valence-corrected chi connectivity index (χ4v) is 2.74. The number of pyridine rings is 1. The van der Waals surface area contributed by atoms with Gasteiger partial charge in [-0.15, -0.1) is 12.4 Å². The molecule has 0 aliphatic carbocycles. The number of nitrogens with one attached hydrogen (secondary N) is 1. The van der Waals surface area contributed by atoms with Gasteiger partial charge < -0.3 is 19.4 Å². The van der Waals surface area contributed by atoms with Crippen LogP contribution in [0.4, 0.5) is 0 Å². The first-order chi connectivity index (χ1) is 13.2. The van der Waals surface area contributed by atoms with Crippen molar-refractivity contribution in [3.05, 3.63) is 71.5 Å². The minimum atomic E-state index is 0. The van der Waals surface area contributed by atoms with Crippen LogP contribution >= 0.6 is 24.0 Å². The van der Waals surface area contributed by atoms with E-state index in [2.05, 4.69) is 19.9 Å². The molecule has 0 atom stereocenters. The number of methoxy groups -OCH3 is 1. The molecule has 0 bridgehead atoms. The molecule has 0 fully saturated rings. The Bertz CT molecular complexity index is 827. The summed E-state index contributed by atoms with van der Waals surface area (Å²) in [6.45, 7) is 3.08. The van der Waals surface area contributed by atoms with Crippen molar-refractivity contribution in [1.29, 1.82) is 0 Å². The molecule has 3 aromatic rings. The molecule has 8 heteroatoms. The second kappa shape index (κ2) is 11.5. The second-order valence-corrected chi connectivity index (χ2v) is 6.48. The highest BCUT2D eigenvalue weighted by molar-refractivity contribution is 6.29. The molecule has 0 radical (unpaired) electrons. The standard InChI is InChI=1S/C20H23ClN4O2.ClH/c1-26-19-11-16(12-22-7-2-9-25-10-8-23-15-25)3-5-18(19)27-14-17-4-6-20(21)24-13-17;/h3-6,8,10-11,13,15,22H,2,7,9,12,14H2,1H3;1H. The molecule has 0 unspecified atom stereocenters. The lowest BCUT2D eigenvalue weighted by atomic mass is 10.2. The average molecular weight is 423 g/mol. The molecule has 0 aliphatic rings. The highest BCUT2D eigenvalue weighted by Gasteiger charge is 2.07. The van der Waals surface area contributed by atoms with Crippen LogP contribution in [0.2, 0.25) is 5.15 Å². The largest absolute Gasteiger partial charge is 0.493 e. The van der Waals surface area contributed by atoms with Crippen LogP contribution in [0.5, 0.6) is 11.5 Å². The molecule has 0 saturated heterocycles. The highest BCUT2D eigenvalue weighted by atomic mass is 35.5. The Morgan fingerprint density at radius 1 is 1.14 bits per heavy atom. The van der Waals surface area contributed by atoms with E-state index in [4.69, 9.17) is 21.1 Å². The fourth-order valence-electron chi connectivity index (χ4n) is 2.63. The van der Waals surface area contributed by atoms with Crippen molar-refractivity contribution in [3.8, 4) is 11.5 Å². The summed E-state index contributed by atoms with van der Waals surface area (Å²) in [4.78, 5) is 8.10. The van der Waals surface area contributed by atoms with Gasteiger partial charge in [0.25, 0.3) is 0 Å². The van der Waals surface area contributed by atoms with Gasteiger partial charge in [-0.3, -0.25) is 0 Å². The third-order valence-corrected chi connectivity index (χ3v) is 4.29. The van der Waals surface area contributed by atoms with Crippen LogP contribution in [-0.4, -0.2) is 28.2 Å². The first kappa shape index (κ1) is 22.0. The summed E-state index contributed by atoms with van der Waals surface area (Å²) in [6, 6.07) is 9.62. The summed E-state index contributed by atoms with van der Waals surface area (Å²) >= 11 is 5.80. The number of hydrogen-bond acceptors (Lipinski definition) is 5. The van der Waals surface area contributed by atoms with Gasteiger partial charge >= 0.3 is 0 Å². The molecule has 28 heavy (non-hydrogen) atoms. The highest BCUT2D eigenvalue weighted by Crippen LogP contribution is 2.28. The maximum atomic E-state index is 5.86. The maximum Gasteiger partial charge on any atom is 0.161 e. The molecule has 150 valence electrons. The van der Waals surface area contributed by atoms with Crippen LogP contribution in [0.25, 0.3) is 0 Å². The summed E-state index contributed by atoms with van der Waals surface area (Å²) in [7, 11) is 1.65. The average Bonchev–Trinajstić information content (AvgIpc) is 3.21. The Labute approximate surface area is 176 Å². The third-order valence-electron chi connectivity index (χ3n) is 4.07. The van der Waals surface area contributed by atoms with Crippen LogP contribution < -0.4 is 14.8 Å². The SMILES string of the molecule is COc1cc(CNCCCn2ccnc2)ccc1OCc1ccc(Cl)nc1.Cl. The summed E-state index contributed by atoms with van der Waals surface area (Å²) in [5.74, 6) is 1.42. The topological polar surface area (TPSA) is 61.2 Å². The van der Waals surface area contributed by atoms with Crippen LogP contribution in [0, 0.1) is 0 Å². The molecule has 3 rings (SSSR count). The van der Waals surface area contributed by atoms with Gasteiger partial charge in [0.1, 0.15) is 11.8 Å². The molecule has 1 N–H and O–H groups in total. The molecule has 0 spiro atoms. The molecule has 6 nitrogen and oxygen atoms in total. The molecule has 1 aromatic carbocycles. The van der Waals surface area contributed by atoms with Gasteiger partial charge in [0.2, 0.25) is 0 Å². The molecule has 2 heterocycles. The van der Waals surface area contributed by atoms with Gasteiger partial charge in [0, 0.05) is 37.2 Å². The van der Waals surface area contributed by atoms with E-state index in [1.54, 1.807) is 25.6 Å². The third kappa shape index (κ3) is 6.71. The van der Waals surface area contributed by atoms with Gasteiger partial charge in [-0.05, 0) is 36.7 Å². The van der Waals surface area contributed by atoms with Crippen molar-refractivity contribution in [1.82, 2.24) is 19.9 Å². The molecule has 0 aliphatic heterocycles. The Kier molecular flexibility index (Phi) is 9.07. The van der Waals surface area contributed by atoms with Gasteiger partial charge in [-0.25, -0.2) is 9.97 Å². The monoisotopic (exact) mass is 422 g/mol. The van der Waals surface area contributed by atoms with Crippen LogP contribution in [0.3, 0.4) is 0 Å². The number of halogens is 2. The molecule has 0 saturated carbocycles. The van der Waals surface area contributed by atoms with E-state index in [9.17, 15) is 0 Å². The summed E-state index contributed by atoms with van der Waals surface area (Å²) < 4.78 is 13.4. The number of benzene rings is 1. The zero-order valence-corrected chi connectivity index (χ0v) is 17.2. The lowest BCUT2D eigenvalue weighted by Crippen LogP contribution is -2.16. The molecular formula is C20H24Cl2N4O2. The first-order valence-electron chi connectivity index (χ1n) is 8.81. The Hall–Kier alpha value is -2.28. The number of imidazole rings is 1. The van der Waals surface area contributed by atoms with E-state index in [-0.39, 0.29) is 12.4 Å². The zero-order chi connectivity index (χ0) is 18.9. The summed E-state index contributed by atoms with van der Waals surface area (Å²) in [5, 5.41) is 3.92. The maximum absolute atomic E-state index is 5.86. The van der Waals surface area contributed by atoms with Gasteiger partial charge in [0.05, 0.1) is 13.4 Å². The van der Waals surface area contributed by atoms with E-state index in [1.807, 2.05) is 36.8 Å². The smallest absolute Gasteiger partial charge is 0.161 e. The van der Waals surface area contributed by atoms with E-state index in [1.165, 1.54) is 0 Å². The Morgan fingerprint density at radius 3 is 2.71 bits per heavy atom. The number of nitrogens with zero attached hydrogens (tertiary/aromatic N) is 3. The minimum absolute atomic E-state index is 0. The van der Waals surface area contributed by atoms with Crippen LogP contribution in [-0.2, 0) is 19.7 Å². The Morgan fingerprint density at radius 2 is 2.00 bits per heavy atom. The molecular weight excluding hydrogens is 399 g/mol. The lowest BCUT2D eigenvalue weighted by Gasteiger charge is -2.13. The zero-order valence-electron chi connectivity index (χ0n) is 15.7. The predicted molar refractivity (Wildman–Crippen MR) is 112 cm³/mol. The minimum Gasteiger partial charge on any atom is -0.493 e. The van der Waals surface area contributed by atoms with Crippen molar-refractivity contribution in [2.45, 2.75) is 26.1 Å². The number of ether oxygens (including phenoxy) is 2. The van der Waals surface area contributed by atoms with Crippen molar-refractivity contribution >= 4 is 24.0 Å². The number of aromatic nitrogens is 3. The van der Waals surface area contributed by atoms with E-state index in [0.29, 0.717) is 17.5 Å². The lowest BCUT2D eigenvalue weighted by molar-refractivity contribution is 0.284. The van der Waals surface area contributed by atoms with Gasteiger partial charge in [0.15, 0.2) is 11.5 Å². The fraction of sp³-hybridized carbons (Fsp3) is 0.300.